The van der Waals surface area contributed by atoms with Crippen LogP contribution in [0, 0.1) is 35.0 Å². The lowest BCUT2D eigenvalue weighted by atomic mass is 9.75. The maximum absolute atomic E-state index is 14.4. The van der Waals surface area contributed by atoms with E-state index in [2.05, 4.69) is 16.0 Å². The van der Waals surface area contributed by atoms with Gasteiger partial charge in [-0.1, -0.05) is 129 Å². The smallest absolute Gasteiger partial charge is 0.303 e. The van der Waals surface area contributed by atoms with Crippen LogP contribution in [0.15, 0.2) is 24.3 Å². The van der Waals surface area contributed by atoms with Gasteiger partial charge in [-0.25, -0.2) is 0 Å². The fourth-order valence-corrected chi connectivity index (χ4v) is 10.8. The van der Waals surface area contributed by atoms with E-state index < -0.39 is 41.6 Å². The first-order chi connectivity index (χ1) is 43.6. The molecule has 0 saturated carbocycles. The molecule has 0 radical (unpaired) electrons. The molecule has 0 aliphatic carbocycles. The van der Waals surface area contributed by atoms with E-state index in [1.54, 1.807) is 19.1 Å². The molecule has 0 aliphatic rings. The lowest BCUT2D eigenvalue weighted by Crippen LogP contribution is -2.40. The highest BCUT2D eigenvalue weighted by molar-refractivity contribution is 5.95. The van der Waals surface area contributed by atoms with Gasteiger partial charge in [0.1, 0.15) is 42.1 Å². The Morgan fingerprint density at radius 1 is 0.538 bits per heavy atom. The molecule has 0 aromatic heterocycles. The maximum Gasteiger partial charge on any atom is 0.303 e. The Hall–Kier alpha value is -5.97. The SMILES string of the molecule is CCC(C)CC(=O)C[C@@H](CCCCNC(=O)COCCOCCNC(=O)COCCOCCCC(=O)CC[C@H](NC(=O)CCCCCCCCCCCCCCCCC(=O)O)C(C)=O)C(=O)C(C)[C@@H](CCCCC(=N)N)C(=O)C[C@@H](Cc1ccc(O)cc1)C(N)=O.[HH]. The molecule has 22 heteroatoms. The topological polar surface area (TPSA) is 360 Å². The molecule has 91 heavy (non-hydrogen) atoms. The van der Waals surface area contributed by atoms with Gasteiger partial charge in [0.05, 0.1) is 44.9 Å². The molecular formula is C69H118N6O16. The van der Waals surface area contributed by atoms with Crippen LogP contribution in [0.4, 0.5) is 0 Å². The molecule has 1 aromatic carbocycles. The summed E-state index contributed by atoms with van der Waals surface area (Å²) in [5.41, 5.74) is 12.1. The van der Waals surface area contributed by atoms with Gasteiger partial charge in [-0.2, -0.15) is 0 Å². The van der Waals surface area contributed by atoms with E-state index in [1.165, 1.54) is 64.0 Å². The van der Waals surface area contributed by atoms with Crippen molar-refractivity contribution in [2.24, 2.45) is 41.1 Å². The molecule has 6 atom stereocenters. The van der Waals surface area contributed by atoms with E-state index in [0.717, 1.165) is 51.4 Å². The van der Waals surface area contributed by atoms with Crippen LogP contribution in [0.3, 0.4) is 0 Å². The zero-order valence-electron chi connectivity index (χ0n) is 55.7. The number of carboxylic acids is 1. The van der Waals surface area contributed by atoms with Crippen molar-refractivity contribution >= 4 is 64.3 Å². The molecule has 2 unspecified atom stereocenters. The standard InChI is InChI=1S/C69H116N6O16.H2/c1-5-51(2)45-59(79)47-55(68(86)52(3)60(27-20-21-28-63(70)71)62(80)48-56(69(72)87)46-54-31-33-58(78)34-32-54)25-22-23-37-73-65(82)49-91-44-42-89-40-38-74-66(83)50-90-43-41-88-39-24-26-57(77)35-36-61(53(4)76)75-64(81)29-18-16-14-12-10-8-6-7-9-11-13-15-17-19-30-67(84)85;/h31-34,51-52,55-56,60-61,78H,5-30,35-50H2,1-4H3,(H3,70,71)(H2,72,87)(H,73,82)(H,74,83)(H,75,81)(H,84,85);1H/t51?,52?,55-,56-,60-,61+;/m1./s1. The van der Waals surface area contributed by atoms with Crippen molar-refractivity contribution in [1.82, 2.24) is 16.0 Å². The number of carbonyl (C=O) groups excluding carboxylic acids is 9. The van der Waals surface area contributed by atoms with Crippen LogP contribution >= 0.6 is 0 Å². The van der Waals surface area contributed by atoms with Crippen molar-refractivity contribution in [3.8, 4) is 5.75 Å². The van der Waals surface area contributed by atoms with E-state index in [9.17, 15) is 53.1 Å². The van der Waals surface area contributed by atoms with Crippen molar-refractivity contribution in [2.75, 3.05) is 65.9 Å². The van der Waals surface area contributed by atoms with Crippen LogP contribution in [-0.2, 0) is 73.3 Å². The molecule has 10 N–H and O–H groups in total. The maximum atomic E-state index is 14.4. The van der Waals surface area contributed by atoms with Crippen molar-refractivity contribution in [3.05, 3.63) is 29.8 Å². The summed E-state index contributed by atoms with van der Waals surface area (Å²) < 4.78 is 21.9. The molecule has 0 aliphatic heterocycles. The second-order valence-corrected chi connectivity index (χ2v) is 24.6. The van der Waals surface area contributed by atoms with Crippen molar-refractivity contribution in [2.45, 2.75) is 239 Å². The van der Waals surface area contributed by atoms with Gasteiger partial charge in [-0.15, -0.1) is 0 Å². The van der Waals surface area contributed by atoms with Gasteiger partial charge in [0.2, 0.25) is 23.6 Å². The van der Waals surface area contributed by atoms with Crippen molar-refractivity contribution < 1.29 is 78.5 Å². The van der Waals surface area contributed by atoms with Gasteiger partial charge >= 0.3 is 5.97 Å². The quantitative estimate of drug-likeness (QED) is 0.0171. The van der Waals surface area contributed by atoms with Crippen LogP contribution in [-0.4, -0.2) is 147 Å². The van der Waals surface area contributed by atoms with Crippen molar-refractivity contribution in [1.29, 1.82) is 5.41 Å². The van der Waals surface area contributed by atoms with Crippen LogP contribution in [0.5, 0.6) is 5.75 Å². The number of aromatic hydroxyl groups is 1. The number of ketones is 5. The summed E-state index contributed by atoms with van der Waals surface area (Å²) in [6.07, 6.45) is 21.5. The number of primary amides is 1. The predicted molar refractivity (Wildman–Crippen MR) is 352 cm³/mol. The lowest BCUT2D eigenvalue weighted by Gasteiger charge is -2.27. The molecule has 4 amide bonds. The number of benzene rings is 1. The number of aliphatic carboxylic acids is 1. The Morgan fingerprint density at radius 3 is 1.62 bits per heavy atom. The van der Waals surface area contributed by atoms with Gasteiger partial charge in [-0.3, -0.25) is 53.4 Å². The highest BCUT2D eigenvalue weighted by Gasteiger charge is 2.36. The molecule has 0 heterocycles. The minimum atomic E-state index is -0.842. The third-order valence-electron chi connectivity index (χ3n) is 16.5. The molecule has 1 rings (SSSR count). The Labute approximate surface area is 544 Å². The Bertz CT molecular complexity index is 2270. The third kappa shape index (κ3) is 45.9. The monoisotopic (exact) mass is 1290 g/mol. The summed E-state index contributed by atoms with van der Waals surface area (Å²) in [5.74, 6) is -5.71. The Balaban J connectivity index is 0.0000828. The van der Waals surface area contributed by atoms with Gasteiger partial charge in [0.15, 0.2) is 5.78 Å². The fraction of sp³-hybridized carbons (Fsp3) is 0.754. The second-order valence-electron chi connectivity index (χ2n) is 24.6. The second kappa shape index (κ2) is 53.5. The molecule has 1 aromatic rings. The molecular weight excluding hydrogens is 1170 g/mol. The Kier molecular flexibility index (Phi) is 48.8. The van der Waals surface area contributed by atoms with E-state index in [4.69, 9.17) is 40.9 Å². The third-order valence-corrected chi connectivity index (χ3v) is 16.5. The minimum Gasteiger partial charge on any atom is -0.508 e. The van der Waals surface area contributed by atoms with Crippen LogP contribution in [0.2, 0.25) is 0 Å². The molecule has 0 spiro atoms. The van der Waals surface area contributed by atoms with Gasteiger partial charge in [-0.05, 0) is 88.3 Å². The average molecular weight is 1290 g/mol. The number of amides is 4. The number of hydrogen-bond donors (Lipinski definition) is 8. The lowest BCUT2D eigenvalue weighted by molar-refractivity contribution is -0.137. The molecule has 22 nitrogen and oxygen atoms in total. The zero-order valence-corrected chi connectivity index (χ0v) is 55.7. The minimum absolute atomic E-state index is 0. The first-order valence-corrected chi connectivity index (χ1v) is 34.0. The molecule has 0 fully saturated rings. The first kappa shape index (κ1) is 83.0. The average Bonchev–Trinajstić information content (AvgIpc) is 1.10. The number of ether oxygens (including phenoxy) is 4. The molecule has 0 saturated heterocycles. The zero-order chi connectivity index (χ0) is 67.4. The van der Waals surface area contributed by atoms with Crippen molar-refractivity contribution in [3.63, 3.8) is 0 Å². The normalized spacial score (nSPS) is 13.3. The summed E-state index contributed by atoms with van der Waals surface area (Å²) in [6.45, 7) is 8.56. The number of unbranched alkanes of at least 4 members (excludes halogenated alkanes) is 15. The number of rotatable bonds is 63. The van der Waals surface area contributed by atoms with Gasteiger partial charge in [0, 0.05) is 96.2 Å². The van der Waals surface area contributed by atoms with Gasteiger partial charge in [0.25, 0.3) is 0 Å². The van der Waals surface area contributed by atoms with E-state index in [-0.39, 0.29) is 163 Å². The summed E-state index contributed by atoms with van der Waals surface area (Å²) in [7, 11) is 0. The number of nitrogens with two attached hydrogens (primary N) is 2. The number of nitrogens with one attached hydrogen (secondary N) is 4. The predicted octanol–water partition coefficient (Wildman–Crippen LogP) is 9.57. The summed E-state index contributed by atoms with van der Waals surface area (Å²) >= 11 is 0. The number of carbonyl (C=O) groups is 10. The number of phenols is 1. The van der Waals surface area contributed by atoms with Crippen LogP contribution < -0.4 is 27.4 Å². The first-order valence-electron chi connectivity index (χ1n) is 34.0. The highest BCUT2D eigenvalue weighted by Crippen LogP contribution is 2.31. The van der Waals surface area contributed by atoms with Crippen LogP contribution in [0.1, 0.15) is 234 Å². The highest BCUT2D eigenvalue weighted by atomic mass is 16.5. The number of hydrogen-bond acceptors (Lipinski definition) is 16. The summed E-state index contributed by atoms with van der Waals surface area (Å²) in [6, 6.07) is 5.61. The molecule has 520 valence electrons. The number of Topliss-reactive ketones (excluding diaryl/α,β-unsaturated/α-hetero) is 5. The molecule has 0 bridgehead atoms. The van der Waals surface area contributed by atoms with E-state index in [0.29, 0.717) is 82.9 Å². The number of amidine groups is 1. The van der Waals surface area contributed by atoms with E-state index >= 15 is 0 Å². The fourth-order valence-electron chi connectivity index (χ4n) is 10.8. The number of phenolic OH excluding ortho intramolecular Hbond substituents is 1. The van der Waals surface area contributed by atoms with Gasteiger partial charge < -0.3 is 56.6 Å². The largest absolute Gasteiger partial charge is 0.508 e. The summed E-state index contributed by atoms with van der Waals surface area (Å²) in [4.78, 5) is 127. The van der Waals surface area contributed by atoms with Crippen LogP contribution in [0.25, 0.3) is 0 Å². The Morgan fingerprint density at radius 2 is 1.07 bits per heavy atom. The van der Waals surface area contributed by atoms with E-state index in [1.807, 2.05) is 13.8 Å². The number of carboxylic acid groups (broad SMARTS) is 1. The summed E-state index contributed by atoms with van der Waals surface area (Å²) in [5, 5.41) is 34.4.